The Kier molecular flexibility index (Phi) is 4.49. The summed E-state index contributed by atoms with van der Waals surface area (Å²) in [5, 5.41) is 13.6. The van der Waals surface area contributed by atoms with Crippen molar-refractivity contribution in [1.29, 1.82) is 0 Å². The van der Waals surface area contributed by atoms with Gasteiger partial charge in [-0.2, -0.15) is 4.37 Å². The number of carbonyl (C=O) groups is 1. The normalized spacial score (nSPS) is 14.5. The molecule has 0 fully saturated rings. The third-order valence-electron chi connectivity index (χ3n) is 2.25. The second kappa shape index (κ2) is 5.51. The lowest BCUT2D eigenvalue weighted by Gasteiger charge is -2.27. The summed E-state index contributed by atoms with van der Waals surface area (Å²) in [6.45, 7) is 2.46. The number of aromatic nitrogens is 1. The average Bonchev–Trinajstić information content (AvgIpc) is 2.54. The van der Waals surface area contributed by atoms with Crippen LogP contribution in [0.3, 0.4) is 0 Å². The molecule has 0 aliphatic rings. The number of amides is 1. The van der Waals surface area contributed by atoms with Gasteiger partial charge in [0.25, 0.3) is 5.91 Å². The van der Waals surface area contributed by atoms with Crippen molar-refractivity contribution in [3.63, 3.8) is 0 Å². The summed E-state index contributed by atoms with van der Waals surface area (Å²) in [5.41, 5.74) is 10.0. The van der Waals surface area contributed by atoms with Crippen LogP contribution < -0.4 is 16.8 Å². The number of nitrogens with one attached hydrogen (secondary N) is 1. The predicted octanol–water partition coefficient (Wildman–Crippen LogP) is -0.451. The zero-order valence-electron chi connectivity index (χ0n) is 10.7. The molecular formula is C10H19N5O2S. The molecule has 0 aromatic carbocycles. The second-order valence-electron chi connectivity index (χ2n) is 4.72. The second-order valence-corrected chi connectivity index (χ2v) is 5.50. The van der Waals surface area contributed by atoms with Gasteiger partial charge in [-0.05, 0) is 32.6 Å². The van der Waals surface area contributed by atoms with Crippen molar-refractivity contribution in [2.24, 2.45) is 5.73 Å². The molecule has 1 aromatic heterocycles. The summed E-state index contributed by atoms with van der Waals surface area (Å²) in [5.74, 6) is -0.516. The molecule has 0 saturated heterocycles. The van der Waals surface area contributed by atoms with Crippen LogP contribution in [-0.2, 0) is 0 Å². The fraction of sp³-hybridized carbons (Fsp3) is 0.600. The highest BCUT2D eigenvalue weighted by atomic mass is 32.1. The molecule has 0 radical (unpaired) electrons. The van der Waals surface area contributed by atoms with Gasteiger partial charge in [-0.15, -0.1) is 0 Å². The molecule has 6 N–H and O–H groups in total. The summed E-state index contributed by atoms with van der Waals surface area (Å²) in [7, 11) is 3.74. The highest BCUT2D eigenvalue weighted by Crippen LogP contribution is 2.26. The number of hydrogen-bond acceptors (Lipinski definition) is 7. The molecule has 0 spiro atoms. The van der Waals surface area contributed by atoms with E-state index in [1.54, 1.807) is 6.92 Å². The Labute approximate surface area is 110 Å². The van der Waals surface area contributed by atoms with Gasteiger partial charge in [-0.25, -0.2) is 0 Å². The molecule has 1 atom stereocenters. The first kappa shape index (κ1) is 14.7. The third-order valence-corrected chi connectivity index (χ3v) is 3.07. The summed E-state index contributed by atoms with van der Waals surface area (Å²) in [4.78, 5) is 13.1. The molecule has 0 saturated carbocycles. The fourth-order valence-electron chi connectivity index (χ4n) is 1.67. The van der Waals surface area contributed by atoms with E-state index in [1.165, 1.54) is 0 Å². The zero-order valence-corrected chi connectivity index (χ0v) is 11.5. The van der Waals surface area contributed by atoms with E-state index in [0.717, 1.165) is 11.5 Å². The van der Waals surface area contributed by atoms with Crippen molar-refractivity contribution >= 4 is 28.3 Å². The Hall–Kier alpha value is -1.38. The molecule has 1 rings (SSSR count). The number of hydrogen-bond donors (Lipinski definition) is 4. The summed E-state index contributed by atoms with van der Waals surface area (Å²) in [6, 6.07) is 0. The minimum Gasteiger partial charge on any atom is -0.387 e. The van der Waals surface area contributed by atoms with Crippen LogP contribution in [0.4, 0.5) is 10.8 Å². The van der Waals surface area contributed by atoms with Gasteiger partial charge in [-0.1, -0.05) is 0 Å². The molecule has 102 valence electrons. The van der Waals surface area contributed by atoms with Crippen LogP contribution in [0.5, 0.6) is 0 Å². The van der Waals surface area contributed by atoms with Gasteiger partial charge in [0, 0.05) is 13.1 Å². The standard InChI is InChI=1S/C10H19N5O2S/c1-10(17,5-15(2)3)4-13-9-6(8(12)16)7(11)14-18-9/h13,17H,4-5H2,1-3H3,(H2,11,14)(H2,12,16). The molecule has 18 heavy (non-hydrogen) atoms. The van der Waals surface area contributed by atoms with E-state index in [0.29, 0.717) is 11.5 Å². The first-order valence-electron chi connectivity index (χ1n) is 5.39. The number of rotatable bonds is 6. The fourth-order valence-corrected chi connectivity index (χ4v) is 2.38. The van der Waals surface area contributed by atoms with Crippen LogP contribution in [-0.4, -0.2) is 53.1 Å². The maximum atomic E-state index is 11.2. The number of nitrogens with zero attached hydrogens (tertiary/aromatic N) is 2. The van der Waals surface area contributed by atoms with E-state index in [1.807, 2.05) is 19.0 Å². The predicted molar refractivity (Wildman–Crippen MR) is 72.7 cm³/mol. The maximum Gasteiger partial charge on any atom is 0.255 e. The quantitative estimate of drug-likeness (QED) is 0.557. The van der Waals surface area contributed by atoms with Crippen LogP contribution in [0.25, 0.3) is 0 Å². The van der Waals surface area contributed by atoms with E-state index in [4.69, 9.17) is 11.5 Å². The highest BCUT2D eigenvalue weighted by molar-refractivity contribution is 7.11. The number of aliphatic hydroxyl groups is 1. The van der Waals surface area contributed by atoms with Crippen molar-refractivity contribution < 1.29 is 9.90 Å². The Morgan fingerprint density at radius 3 is 2.72 bits per heavy atom. The van der Waals surface area contributed by atoms with Crippen LogP contribution in [0.1, 0.15) is 17.3 Å². The van der Waals surface area contributed by atoms with E-state index >= 15 is 0 Å². The lowest BCUT2D eigenvalue weighted by molar-refractivity contribution is 0.0460. The molecule has 1 unspecified atom stereocenters. The monoisotopic (exact) mass is 273 g/mol. The number of primary amides is 1. The van der Waals surface area contributed by atoms with E-state index in [9.17, 15) is 9.90 Å². The van der Waals surface area contributed by atoms with E-state index in [-0.39, 0.29) is 17.9 Å². The third kappa shape index (κ3) is 3.83. The molecule has 7 nitrogen and oxygen atoms in total. The Morgan fingerprint density at radius 2 is 2.22 bits per heavy atom. The van der Waals surface area contributed by atoms with Crippen LogP contribution >= 0.6 is 11.5 Å². The van der Waals surface area contributed by atoms with Crippen molar-refractivity contribution in [1.82, 2.24) is 9.27 Å². The maximum absolute atomic E-state index is 11.2. The lowest BCUT2D eigenvalue weighted by Crippen LogP contribution is -2.43. The smallest absolute Gasteiger partial charge is 0.255 e. The molecule has 0 bridgehead atoms. The highest BCUT2D eigenvalue weighted by Gasteiger charge is 2.23. The zero-order chi connectivity index (χ0) is 13.9. The van der Waals surface area contributed by atoms with Gasteiger partial charge >= 0.3 is 0 Å². The number of nitrogens with two attached hydrogens (primary N) is 2. The van der Waals surface area contributed by atoms with Gasteiger partial charge in [0.2, 0.25) is 0 Å². The molecule has 0 aliphatic carbocycles. The van der Waals surface area contributed by atoms with E-state index in [2.05, 4.69) is 9.69 Å². The Bertz CT molecular complexity index is 430. The summed E-state index contributed by atoms with van der Waals surface area (Å²) >= 11 is 1.05. The molecule has 8 heteroatoms. The Morgan fingerprint density at radius 1 is 1.61 bits per heavy atom. The molecule has 1 aromatic rings. The van der Waals surface area contributed by atoms with Crippen LogP contribution in [0.15, 0.2) is 0 Å². The van der Waals surface area contributed by atoms with Crippen molar-refractivity contribution in [2.75, 3.05) is 38.2 Å². The molecular weight excluding hydrogens is 254 g/mol. The largest absolute Gasteiger partial charge is 0.387 e. The summed E-state index contributed by atoms with van der Waals surface area (Å²) < 4.78 is 3.86. The van der Waals surface area contributed by atoms with Gasteiger partial charge in [0.15, 0.2) is 5.82 Å². The van der Waals surface area contributed by atoms with E-state index < -0.39 is 11.5 Å². The van der Waals surface area contributed by atoms with Crippen molar-refractivity contribution in [3.05, 3.63) is 5.56 Å². The van der Waals surface area contributed by atoms with Crippen molar-refractivity contribution in [2.45, 2.75) is 12.5 Å². The van der Waals surface area contributed by atoms with Crippen LogP contribution in [0, 0.1) is 0 Å². The van der Waals surface area contributed by atoms with Gasteiger partial charge in [-0.3, -0.25) is 4.79 Å². The van der Waals surface area contributed by atoms with Crippen LogP contribution in [0.2, 0.25) is 0 Å². The molecule has 1 heterocycles. The number of likely N-dealkylation sites (N-methyl/N-ethyl adjacent to an activating group) is 1. The minimum atomic E-state index is -0.933. The number of carbonyl (C=O) groups excluding carboxylic acids is 1. The molecule has 1 amide bonds. The summed E-state index contributed by atoms with van der Waals surface area (Å²) in [6.07, 6.45) is 0. The topological polar surface area (TPSA) is 118 Å². The average molecular weight is 273 g/mol. The molecule has 0 aliphatic heterocycles. The minimum absolute atomic E-state index is 0.113. The SMILES string of the molecule is CN(C)CC(C)(O)CNc1snc(N)c1C(N)=O. The number of anilines is 2. The first-order chi connectivity index (χ1) is 8.23. The lowest BCUT2D eigenvalue weighted by atomic mass is 10.1. The Balaban J connectivity index is 2.72. The number of nitrogen functional groups attached to an aromatic ring is 1. The first-order valence-corrected chi connectivity index (χ1v) is 6.16. The van der Waals surface area contributed by atoms with Crippen molar-refractivity contribution in [3.8, 4) is 0 Å². The van der Waals surface area contributed by atoms with Gasteiger partial charge < -0.3 is 26.8 Å². The van der Waals surface area contributed by atoms with Gasteiger partial charge in [0.05, 0.1) is 5.60 Å². The van der Waals surface area contributed by atoms with Gasteiger partial charge in [0.1, 0.15) is 10.6 Å².